The van der Waals surface area contributed by atoms with Crippen LogP contribution in [-0.4, -0.2) is 10.8 Å². The first-order valence-corrected chi connectivity index (χ1v) is 3.49. The van der Waals surface area contributed by atoms with Gasteiger partial charge in [-0.2, -0.15) is 0 Å². The number of rotatable bonds is 1. The van der Waals surface area contributed by atoms with Crippen LogP contribution in [0.1, 0.15) is 28.7 Å². The molecule has 0 radical (unpaired) electrons. The second-order valence-corrected chi connectivity index (χ2v) is 2.72. The number of hydrogen-bond acceptors (Lipinski definition) is 2. The van der Waals surface area contributed by atoms with Gasteiger partial charge in [-0.3, -0.25) is 4.79 Å². The fourth-order valence-electron chi connectivity index (χ4n) is 1.12. The van der Waals surface area contributed by atoms with E-state index in [0.29, 0.717) is 11.4 Å². The van der Waals surface area contributed by atoms with Crippen molar-refractivity contribution >= 4 is 11.5 Å². The van der Waals surface area contributed by atoms with E-state index in [9.17, 15) is 4.79 Å². The van der Waals surface area contributed by atoms with Gasteiger partial charge in [0.2, 0.25) is 0 Å². The minimum atomic E-state index is 0.0299. The predicted octanol–water partition coefficient (Wildman–Crippen LogP) is 1.42. The summed E-state index contributed by atoms with van der Waals surface area (Å²) in [5.74, 6) is 0.0299. The van der Waals surface area contributed by atoms with Crippen molar-refractivity contribution in [2.24, 2.45) is 0 Å². The van der Waals surface area contributed by atoms with Gasteiger partial charge in [0.1, 0.15) is 0 Å². The van der Waals surface area contributed by atoms with Gasteiger partial charge in [0.25, 0.3) is 0 Å². The van der Waals surface area contributed by atoms with E-state index in [1.165, 1.54) is 6.92 Å². The van der Waals surface area contributed by atoms with Crippen molar-refractivity contribution < 1.29 is 4.79 Å². The average molecular weight is 152 g/mol. The second-order valence-electron chi connectivity index (χ2n) is 2.72. The number of aromatic amines is 1. The molecule has 0 aromatic carbocycles. The molecule has 0 aliphatic heterocycles. The average Bonchev–Trinajstić information content (AvgIpc) is 2.17. The number of anilines is 1. The zero-order chi connectivity index (χ0) is 8.59. The summed E-state index contributed by atoms with van der Waals surface area (Å²) in [5, 5.41) is 0. The van der Waals surface area contributed by atoms with Crippen molar-refractivity contribution in [3.05, 3.63) is 17.0 Å². The molecule has 0 spiro atoms. The van der Waals surface area contributed by atoms with E-state index in [4.69, 9.17) is 5.73 Å². The van der Waals surface area contributed by atoms with E-state index < -0.39 is 0 Å². The van der Waals surface area contributed by atoms with Crippen molar-refractivity contribution in [3.8, 4) is 0 Å². The monoisotopic (exact) mass is 152 g/mol. The van der Waals surface area contributed by atoms with Crippen LogP contribution >= 0.6 is 0 Å². The summed E-state index contributed by atoms with van der Waals surface area (Å²) in [6.45, 7) is 5.22. The number of carbonyl (C=O) groups excluding carboxylic acids is 1. The number of nitrogens with one attached hydrogen (secondary N) is 1. The van der Waals surface area contributed by atoms with Crippen molar-refractivity contribution in [3.63, 3.8) is 0 Å². The van der Waals surface area contributed by atoms with E-state index in [2.05, 4.69) is 4.98 Å². The van der Waals surface area contributed by atoms with Crippen molar-refractivity contribution in [2.75, 3.05) is 5.73 Å². The molecule has 0 fully saturated rings. The minimum Gasteiger partial charge on any atom is -0.397 e. The molecule has 0 amide bonds. The van der Waals surface area contributed by atoms with Gasteiger partial charge in [0, 0.05) is 18.2 Å². The SMILES string of the molecule is CC(=O)c1[nH]c(C)c(N)c1C. The summed E-state index contributed by atoms with van der Waals surface area (Å²) in [5.41, 5.74) is 8.70. The van der Waals surface area contributed by atoms with Crippen LogP contribution in [0.3, 0.4) is 0 Å². The molecular weight excluding hydrogens is 140 g/mol. The first-order valence-electron chi connectivity index (χ1n) is 3.49. The highest BCUT2D eigenvalue weighted by Gasteiger charge is 2.10. The lowest BCUT2D eigenvalue weighted by molar-refractivity contribution is 0.101. The van der Waals surface area contributed by atoms with Gasteiger partial charge in [-0.1, -0.05) is 0 Å². The minimum absolute atomic E-state index is 0.0299. The molecule has 1 rings (SSSR count). The van der Waals surface area contributed by atoms with Gasteiger partial charge >= 0.3 is 0 Å². The summed E-state index contributed by atoms with van der Waals surface area (Å²) < 4.78 is 0. The van der Waals surface area contributed by atoms with Crippen LogP contribution in [-0.2, 0) is 0 Å². The first-order chi connectivity index (χ1) is 5.04. The van der Waals surface area contributed by atoms with Gasteiger partial charge in [-0.05, 0) is 13.8 Å². The number of aryl methyl sites for hydroxylation is 1. The van der Waals surface area contributed by atoms with Gasteiger partial charge in [-0.15, -0.1) is 0 Å². The molecule has 3 nitrogen and oxygen atoms in total. The van der Waals surface area contributed by atoms with Crippen molar-refractivity contribution in [1.29, 1.82) is 0 Å². The molecule has 1 heterocycles. The zero-order valence-electron chi connectivity index (χ0n) is 6.99. The lowest BCUT2D eigenvalue weighted by atomic mass is 10.2. The molecule has 1 aromatic rings. The predicted molar refractivity (Wildman–Crippen MR) is 44.7 cm³/mol. The van der Waals surface area contributed by atoms with Crippen LogP contribution in [0.2, 0.25) is 0 Å². The second kappa shape index (κ2) is 2.42. The van der Waals surface area contributed by atoms with E-state index in [1.54, 1.807) is 0 Å². The molecule has 0 atom stereocenters. The Labute approximate surface area is 65.6 Å². The lowest BCUT2D eigenvalue weighted by Gasteiger charge is -1.91. The molecule has 1 aromatic heterocycles. The summed E-state index contributed by atoms with van der Waals surface area (Å²) in [6.07, 6.45) is 0. The first kappa shape index (κ1) is 7.85. The highest BCUT2D eigenvalue weighted by atomic mass is 16.1. The Morgan fingerprint density at radius 1 is 1.45 bits per heavy atom. The summed E-state index contributed by atoms with van der Waals surface area (Å²) >= 11 is 0. The maximum absolute atomic E-state index is 10.9. The Kier molecular flexibility index (Phi) is 1.72. The highest BCUT2D eigenvalue weighted by Crippen LogP contribution is 2.19. The van der Waals surface area contributed by atoms with Crippen LogP contribution in [0, 0.1) is 13.8 Å². The van der Waals surface area contributed by atoms with Crippen LogP contribution in [0.5, 0.6) is 0 Å². The number of ketones is 1. The number of aromatic nitrogens is 1. The van der Waals surface area contributed by atoms with Crippen molar-refractivity contribution in [1.82, 2.24) is 4.98 Å². The Hall–Kier alpha value is -1.25. The molecular formula is C8H12N2O. The standard InChI is InChI=1S/C8H12N2O/c1-4-7(9)5(2)10-8(4)6(3)11/h10H,9H2,1-3H3. The van der Waals surface area contributed by atoms with Gasteiger partial charge < -0.3 is 10.7 Å². The number of carbonyl (C=O) groups is 1. The van der Waals surface area contributed by atoms with Gasteiger partial charge in [0.05, 0.1) is 11.4 Å². The smallest absolute Gasteiger partial charge is 0.176 e. The summed E-state index contributed by atoms with van der Waals surface area (Å²) in [7, 11) is 0. The molecule has 0 aliphatic rings. The van der Waals surface area contributed by atoms with E-state index in [1.807, 2.05) is 13.8 Å². The van der Waals surface area contributed by atoms with Crippen molar-refractivity contribution in [2.45, 2.75) is 20.8 Å². The Bertz CT molecular complexity index is 299. The number of Topliss-reactive ketones (excluding diaryl/α,β-unsaturated/α-hetero) is 1. The Balaban J connectivity index is 3.29. The molecule has 0 saturated heterocycles. The molecule has 0 saturated carbocycles. The van der Waals surface area contributed by atoms with Crippen LogP contribution < -0.4 is 5.73 Å². The normalized spacial score (nSPS) is 10.1. The number of nitrogen functional groups attached to an aromatic ring is 1. The van der Waals surface area contributed by atoms with Crippen LogP contribution in [0.4, 0.5) is 5.69 Å². The molecule has 3 heteroatoms. The van der Waals surface area contributed by atoms with Gasteiger partial charge in [-0.25, -0.2) is 0 Å². The fourth-order valence-corrected chi connectivity index (χ4v) is 1.12. The van der Waals surface area contributed by atoms with Crippen LogP contribution in [0.25, 0.3) is 0 Å². The van der Waals surface area contributed by atoms with E-state index >= 15 is 0 Å². The third-order valence-electron chi connectivity index (χ3n) is 1.85. The lowest BCUT2D eigenvalue weighted by Crippen LogP contribution is -1.95. The summed E-state index contributed by atoms with van der Waals surface area (Å²) in [6, 6.07) is 0. The van der Waals surface area contributed by atoms with Crippen LogP contribution in [0.15, 0.2) is 0 Å². The Morgan fingerprint density at radius 3 is 2.18 bits per heavy atom. The molecule has 11 heavy (non-hydrogen) atoms. The topological polar surface area (TPSA) is 58.9 Å². The fraction of sp³-hybridized carbons (Fsp3) is 0.375. The molecule has 0 aliphatic carbocycles. The molecule has 0 bridgehead atoms. The maximum Gasteiger partial charge on any atom is 0.176 e. The molecule has 60 valence electrons. The third kappa shape index (κ3) is 1.13. The summed E-state index contributed by atoms with van der Waals surface area (Å²) in [4.78, 5) is 13.9. The maximum atomic E-state index is 10.9. The molecule has 0 unspecified atom stereocenters. The number of hydrogen-bond donors (Lipinski definition) is 2. The quantitative estimate of drug-likeness (QED) is 0.598. The number of nitrogens with two attached hydrogens (primary N) is 1. The zero-order valence-corrected chi connectivity index (χ0v) is 6.99. The Morgan fingerprint density at radius 2 is 2.00 bits per heavy atom. The third-order valence-corrected chi connectivity index (χ3v) is 1.85. The van der Waals surface area contributed by atoms with Gasteiger partial charge in [0.15, 0.2) is 5.78 Å². The van der Waals surface area contributed by atoms with E-state index in [-0.39, 0.29) is 5.78 Å². The largest absolute Gasteiger partial charge is 0.397 e. The molecule has 3 N–H and O–H groups in total. The number of H-pyrrole nitrogens is 1. The highest BCUT2D eigenvalue weighted by molar-refractivity contribution is 5.95. The van der Waals surface area contributed by atoms with E-state index in [0.717, 1.165) is 11.3 Å².